The van der Waals surface area contributed by atoms with E-state index >= 15 is 4.79 Å². The number of allylic oxidation sites excluding steroid dienone is 2. The summed E-state index contributed by atoms with van der Waals surface area (Å²) in [5.41, 5.74) is -1.45. The molecule has 1 aromatic carbocycles. The fourth-order valence-corrected chi connectivity index (χ4v) is 14.7. The largest absolute Gasteiger partial charge is 0.504 e. The van der Waals surface area contributed by atoms with Crippen molar-refractivity contribution in [2.24, 2.45) is 50.2 Å². The van der Waals surface area contributed by atoms with E-state index in [0.717, 1.165) is 44.4 Å². The van der Waals surface area contributed by atoms with Crippen LogP contribution in [0.2, 0.25) is 0 Å². The lowest BCUT2D eigenvalue weighted by molar-refractivity contribution is -0.324. The van der Waals surface area contributed by atoms with Crippen LogP contribution in [-0.4, -0.2) is 142 Å². The fourth-order valence-electron chi connectivity index (χ4n) is 14.7. The van der Waals surface area contributed by atoms with Gasteiger partial charge in [0.1, 0.15) is 35.9 Å². The Labute approximate surface area is 404 Å². The number of hydrogen-bond donors (Lipinski definition) is 7. The maximum absolute atomic E-state index is 15.1. The Morgan fingerprint density at radius 1 is 0.797 bits per heavy atom. The molecule has 2 aliphatic heterocycles. The summed E-state index contributed by atoms with van der Waals surface area (Å²) in [5, 5.41) is 76.7. The van der Waals surface area contributed by atoms with Gasteiger partial charge in [-0.3, -0.25) is 4.79 Å². The molecule has 0 radical (unpaired) electrons. The molecule has 2 heterocycles. The lowest BCUT2D eigenvalue weighted by Gasteiger charge is -2.71. The topological polar surface area (TPSA) is 257 Å². The maximum Gasteiger partial charge on any atom is 0.337 e. The maximum atomic E-state index is 15.1. The van der Waals surface area contributed by atoms with Crippen LogP contribution in [0.25, 0.3) is 6.08 Å². The number of fused-ring (bicyclic) bond motifs is 7. The highest BCUT2D eigenvalue weighted by molar-refractivity contribution is 5.87. The quantitative estimate of drug-likeness (QED) is 0.0605. The molecule has 18 atom stereocenters. The molecule has 0 amide bonds. The minimum Gasteiger partial charge on any atom is -0.504 e. The van der Waals surface area contributed by atoms with E-state index in [1.54, 1.807) is 6.07 Å². The Hall–Kier alpha value is -3.65. The standard InChI is InChI=1S/C52H74O17/c1-47(2)20-21-52(46(62)69-45-42(37(57)30(54)25-65-45)67-36(56)15-11-26-10-13-29(53)31(22-26)63-8)28(23-47)27-12-14-33-49(5)18-17-35(66-44-40(60)38(58)39(59)41(68-44)43(61)64-9)48(3,4)32(49)16-19-50(33,6)51(27,7)24-34(52)55/h10-13,15,22,28,30,32-35,37-42,44-45,53-55,57-60H,14,16-21,23-25H2,1-9H3/b15-11+/t28-,30+,32-,33+,34+,35-,37-,38-,39-,40+,41-,42+,44+,45-,49-,50+,51+,52+/m0/s1. The average molecular weight is 971 g/mol. The Morgan fingerprint density at radius 3 is 2.22 bits per heavy atom. The van der Waals surface area contributed by atoms with Crippen molar-refractivity contribution in [3.8, 4) is 11.5 Å². The number of rotatable bonds is 9. The van der Waals surface area contributed by atoms with Crippen LogP contribution < -0.4 is 4.74 Å². The second-order valence-corrected chi connectivity index (χ2v) is 23.2. The normalized spacial score (nSPS) is 44.5. The summed E-state index contributed by atoms with van der Waals surface area (Å²) in [7, 11) is 2.54. The Kier molecular flexibility index (Phi) is 13.8. The van der Waals surface area contributed by atoms with Crippen LogP contribution in [-0.2, 0) is 42.8 Å². The molecule has 69 heavy (non-hydrogen) atoms. The molecule has 4 saturated carbocycles. The number of phenolic OH excluding ortho intramolecular Hbond substituents is 1. The molecule has 0 aromatic heterocycles. The number of aromatic hydroxyl groups is 1. The second kappa shape index (κ2) is 18.4. The molecule has 0 spiro atoms. The van der Waals surface area contributed by atoms with Gasteiger partial charge in [-0.05, 0) is 126 Å². The molecule has 0 unspecified atom stereocenters. The van der Waals surface area contributed by atoms with Crippen LogP contribution >= 0.6 is 0 Å². The second-order valence-electron chi connectivity index (χ2n) is 23.2. The van der Waals surface area contributed by atoms with Crippen molar-refractivity contribution in [1.82, 2.24) is 0 Å². The van der Waals surface area contributed by atoms with Gasteiger partial charge in [0, 0.05) is 6.08 Å². The van der Waals surface area contributed by atoms with Crippen LogP contribution in [0.4, 0.5) is 0 Å². The number of benzene rings is 1. The first kappa shape index (κ1) is 51.7. The lowest BCUT2D eigenvalue weighted by atomic mass is 9.33. The molecular weight excluding hydrogens is 897 g/mol. The van der Waals surface area contributed by atoms with Gasteiger partial charge in [-0.1, -0.05) is 66.2 Å². The average Bonchev–Trinajstić information content (AvgIpc) is 3.29. The van der Waals surface area contributed by atoms with Gasteiger partial charge in [0.2, 0.25) is 6.29 Å². The number of ether oxygens (including phenoxy) is 7. The first-order valence-electron chi connectivity index (χ1n) is 24.6. The first-order valence-corrected chi connectivity index (χ1v) is 24.6. The van der Waals surface area contributed by atoms with Gasteiger partial charge in [0.25, 0.3) is 0 Å². The van der Waals surface area contributed by atoms with Gasteiger partial charge in [0.15, 0.2) is 30.0 Å². The Bertz CT molecular complexity index is 2190. The summed E-state index contributed by atoms with van der Waals surface area (Å²) >= 11 is 0. The van der Waals surface area contributed by atoms with E-state index in [9.17, 15) is 45.3 Å². The molecule has 5 aliphatic carbocycles. The van der Waals surface area contributed by atoms with Crippen molar-refractivity contribution in [3.63, 3.8) is 0 Å². The monoisotopic (exact) mass is 970 g/mol. The smallest absolute Gasteiger partial charge is 0.337 e. The summed E-state index contributed by atoms with van der Waals surface area (Å²) in [6.45, 7) is 15.3. The third kappa shape index (κ3) is 8.42. The van der Waals surface area contributed by atoms with Gasteiger partial charge in [-0.15, -0.1) is 0 Å². The van der Waals surface area contributed by atoms with E-state index in [1.165, 1.54) is 25.3 Å². The Balaban J connectivity index is 1.04. The van der Waals surface area contributed by atoms with Gasteiger partial charge in [0.05, 0.1) is 33.0 Å². The van der Waals surface area contributed by atoms with Crippen LogP contribution in [0.3, 0.4) is 0 Å². The van der Waals surface area contributed by atoms with E-state index in [-0.39, 0.29) is 46.0 Å². The highest BCUT2D eigenvalue weighted by Crippen LogP contribution is 2.76. The zero-order valence-electron chi connectivity index (χ0n) is 41.3. The highest BCUT2D eigenvalue weighted by Gasteiger charge is 2.72. The van der Waals surface area contributed by atoms with Crippen molar-refractivity contribution in [1.29, 1.82) is 0 Å². The molecule has 8 rings (SSSR count). The number of methoxy groups -OCH3 is 2. The SMILES string of the molecule is COC(=O)[C@H]1O[C@@H](O[C@H]2CC[C@]3(C)[C@H]4CC=C5[C@@H]6CC(C)(C)CC[C@]6(C(=O)O[C@@H]6OC[C@@H](O)[C@H](O)[C@H]6OC(=O)/C=C/c6ccc(O)c(OC)c6)[C@H](O)C[C@@]5(C)[C@]4(C)CC[C@H]3C2(C)C)[C@H](O)[C@@H](O)[C@@H]1O. The number of hydrogen-bond acceptors (Lipinski definition) is 17. The Morgan fingerprint density at radius 2 is 1.52 bits per heavy atom. The number of esters is 3. The molecular formula is C52H74O17. The van der Waals surface area contributed by atoms with E-state index in [2.05, 4.69) is 54.5 Å². The fraction of sp³-hybridized carbons (Fsp3) is 0.750. The predicted molar refractivity (Wildman–Crippen MR) is 245 cm³/mol. The van der Waals surface area contributed by atoms with E-state index in [4.69, 9.17) is 33.2 Å². The summed E-state index contributed by atoms with van der Waals surface area (Å²) in [4.78, 5) is 40.8. The van der Waals surface area contributed by atoms with Gasteiger partial charge < -0.3 is 68.9 Å². The molecule has 7 N–H and O–H groups in total. The first-order chi connectivity index (χ1) is 32.3. The minimum absolute atomic E-state index is 0.0841. The van der Waals surface area contributed by atoms with Crippen LogP contribution in [0.5, 0.6) is 11.5 Å². The van der Waals surface area contributed by atoms with Gasteiger partial charge in [-0.25, -0.2) is 9.59 Å². The zero-order chi connectivity index (χ0) is 50.4. The summed E-state index contributed by atoms with van der Waals surface area (Å²) in [6, 6.07) is 4.47. The molecule has 2 saturated heterocycles. The van der Waals surface area contributed by atoms with Crippen molar-refractivity contribution in [3.05, 3.63) is 41.5 Å². The number of phenols is 1. The number of carbonyl (C=O) groups excluding carboxylic acids is 3. The van der Waals surface area contributed by atoms with Gasteiger partial charge >= 0.3 is 17.9 Å². The molecule has 17 nitrogen and oxygen atoms in total. The highest BCUT2D eigenvalue weighted by atomic mass is 16.7. The molecule has 17 heteroatoms. The third-order valence-corrected chi connectivity index (χ3v) is 18.8. The number of aliphatic hydroxyl groups is 6. The van der Waals surface area contributed by atoms with E-state index in [1.807, 2.05) is 0 Å². The molecule has 384 valence electrons. The van der Waals surface area contributed by atoms with Crippen molar-refractivity contribution in [2.45, 2.75) is 174 Å². The molecule has 0 bridgehead atoms. The van der Waals surface area contributed by atoms with E-state index in [0.29, 0.717) is 31.2 Å². The van der Waals surface area contributed by atoms with Crippen molar-refractivity contribution >= 4 is 24.0 Å². The van der Waals surface area contributed by atoms with E-state index < -0.39 is 114 Å². The third-order valence-electron chi connectivity index (χ3n) is 18.8. The summed E-state index contributed by atoms with van der Waals surface area (Å²) in [5.74, 6) is -2.51. The molecule has 7 aliphatic rings. The van der Waals surface area contributed by atoms with Crippen molar-refractivity contribution in [2.75, 3.05) is 20.8 Å². The molecule has 6 fully saturated rings. The summed E-state index contributed by atoms with van der Waals surface area (Å²) in [6.07, 6.45) is -5.31. The lowest BCUT2D eigenvalue weighted by Crippen LogP contribution is -2.68. The minimum atomic E-state index is -1.69. The summed E-state index contributed by atoms with van der Waals surface area (Å²) < 4.78 is 39.8. The number of aliphatic hydroxyl groups excluding tert-OH is 6. The predicted octanol–water partition coefficient (Wildman–Crippen LogP) is 4.09. The molecule has 1 aromatic rings. The zero-order valence-corrected chi connectivity index (χ0v) is 41.3. The number of carbonyl (C=O) groups is 3. The van der Waals surface area contributed by atoms with Crippen LogP contribution in [0, 0.1) is 50.2 Å². The van der Waals surface area contributed by atoms with Crippen molar-refractivity contribution < 1.29 is 83.3 Å². The van der Waals surface area contributed by atoms with Crippen LogP contribution in [0.1, 0.15) is 112 Å². The van der Waals surface area contributed by atoms with Crippen LogP contribution in [0.15, 0.2) is 35.9 Å². The van der Waals surface area contributed by atoms with Gasteiger partial charge in [-0.2, -0.15) is 0 Å².